The molecule has 0 atom stereocenters. The Balaban J connectivity index is 2.14. The van der Waals surface area contributed by atoms with Gasteiger partial charge in [0.1, 0.15) is 0 Å². The molecular formula is C14H13F3N2O. The number of nitrogens with two attached hydrogens (primary N) is 1. The normalized spacial score (nSPS) is 10.6. The topological polar surface area (TPSA) is 47.3 Å². The Labute approximate surface area is 114 Å². The summed E-state index contributed by atoms with van der Waals surface area (Å²) in [5.41, 5.74) is 7.08. The second-order valence-corrected chi connectivity index (χ2v) is 4.09. The average Bonchev–Trinajstić information content (AvgIpc) is 2.41. The van der Waals surface area contributed by atoms with Gasteiger partial charge in [-0.1, -0.05) is 30.3 Å². The largest absolute Gasteiger partial charge is 0.432 e. The van der Waals surface area contributed by atoms with Gasteiger partial charge in [0.2, 0.25) is 0 Å². The van der Waals surface area contributed by atoms with Gasteiger partial charge in [-0.3, -0.25) is 0 Å². The van der Waals surface area contributed by atoms with Gasteiger partial charge in [0.25, 0.3) is 0 Å². The van der Waals surface area contributed by atoms with E-state index in [0.717, 1.165) is 17.7 Å². The number of rotatable bonds is 5. The minimum Gasteiger partial charge on any atom is -0.432 e. The predicted octanol–water partition coefficient (Wildman–Crippen LogP) is 3.62. The molecule has 0 aliphatic carbocycles. The molecule has 0 fully saturated rings. The van der Waals surface area contributed by atoms with Crippen LogP contribution in [0.25, 0.3) is 0 Å². The van der Waals surface area contributed by atoms with Gasteiger partial charge < -0.3 is 15.8 Å². The van der Waals surface area contributed by atoms with Crippen molar-refractivity contribution in [3.8, 4) is 5.75 Å². The number of hydrogen-bond acceptors (Lipinski definition) is 3. The summed E-state index contributed by atoms with van der Waals surface area (Å²) < 4.78 is 41.8. The number of nitrogen functional groups attached to an aromatic ring is 1. The van der Waals surface area contributed by atoms with Crippen molar-refractivity contribution in [3.05, 3.63) is 53.8 Å². The number of ether oxygens (including phenoxy) is 1. The van der Waals surface area contributed by atoms with Crippen LogP contribution in [0.2, 0.25) is 0 Å². The number of alkyl halides is 2. The van der Waals surface area contributed by atoms with E-state index in [1.807, 2.05) is 30.3 Å². The van der Waals surface area contributed by atoms with Crippen molar-refractivity contribution in [1.29, 1.82) is 0 Å². The molecule has 0 aliphatic rings. The quantitative estimate of drug-likeness (QED) is 0.823. The van der Waals surface area contributed by atoms with Crippen LogP contribution in [0.1, 0.15) is 5.56 Å². The average molecular weight is 282 g/mol. The predicted molar refractivity (Wildman–Crippen MR) is 71.2 cm³/mol. The summed E-state index contributed by atoms with van der Waals surface area (Å²) in [7, 11) is 0. The minimum atomic E-state index is -3.09. The Hall–Kier alpha value is -2.37. The van der Waals surface area contributed by atoms with Crippen LogP contribution in [0.4, 0.5) is 24.5 Å². The van der Waals surface area contributed by atoms with E-state index in [9.17, 15) is 13.2 Å². The third-order valence-corrected chi connectivity index (χ3v) is 2.65. The zero-order valence-electron chi connectivity index (χ0n) is 10.4. The Morgan fingerprint density at radius 1 is 1.15 bits per heavy atom. The van der Waals surface area contributed by atoms with Crippen molar-refractivity contribution in [2.75, 3.05) is 11.1 Å². The van der Waals surface area contributed by atoms with Crippen molar-refractivity contribution in [2.45, 2.75) is 13.2 Å². The fourth-order valence-electron chi connectivity index (χ4n) is 1.70. The van der Waals surface area contributed by atoms with E-state index in [-0.39, 0.29) is 5.69 Å². The molecule has 106 valence electrons. The van der Waals surface area contributed by atoms with Gasteiger partial charge in [-0.2, -0.15) is 8.78 Å². The van der Waals surface area contributed by atoms with Crippen LogP contribution in [0.15, 0.2) is 42.5 Å². The molecule has 3 N–H and O–H groups in total. The van der Waals surface area contributed by atoms with Crippen LogP contribution < -0.4 is 15.8 Å². The van der Waals surface area contributed by atoms with E-state index in [1.165, 1.54) is 0 Å². The first kappa shape index (κ1) is 14.0. The first-order valence-corrected chi connectivity index (χ1v) is 5.88. The first-order chi connectivity index (χ1) is 9.56. The van der Waals surface area contributed by atoms with Gasteiger partial charge in [-0.05, 0) is 5.56 Å². The fourth-order valence-corrected chi connectivity index (χ4v) is 1.70. The van der Waals surface area contributed by atoms with Crippen LogP contribution in [0.3, 0.4) is 0 Å². The summed E-state index contributed by atoms with van der Waals surface area (Å²) in [4.78, 5) is 0. The third-order valence-electron chi connectivity index (χ3n) is 2.65. The molecule has 0 aliphatic heterocycles. The van der Waals surface area contributed by atoms with Crippen molar-refractivity contribution in [2.24, 2.45) is 0 Å². The SMILES string of the molecule is Nc1cc(F)c(OC(F)F)cc1NCc1ccccc1. The molecule has 0 saturated heterocycles. The Kier molecular flexibility index (Phi) is 4.34. The van der Waals surface area contributed by atoms with Gasteiger partial charge in [0.15, 0.2) is 11.6 Å². The molecule has 0 saturated carbocycles. The fraction of sp³-hybridized carbons (Fsp3) is 0.143. The van der Waals surface area contributed by atoms with Gasteiger partial charge in [0, 0.05) is 18.7 Å². The third kappa shape index (κ3) is 3.57. The van der Waals surface area contributed by atoms with E-state index < -0.39 is 18.2 Å². The van der Waals surface area contributed by atoms with Crippen molar-refractivity contribution in [1.82, 2.24) is 0 Å². The van der Waals surface area contributed by atoms with Crippen LogP contribution in [0, 0.1) is 5.82 Å². The molecule has 3 nitrogen and oxygen atoms in total. The lowest BCUT2D eigenvalue weighted by atomic mass is 10.2. The van der Waals surface area contributed by atoms with Crippen molar-refractivity contribution < 1.29 is 17.9 Å². The van der Waals surface area contributed by atoms with Crippen LogP contribution in [-0.4, -0.2) is 6.61 Å². The van der Waals surface area contributed by atoms with E-state index >= 15 is 0 Å². The van der Waals surface area contributed by atoms with Crippen molar-refractivity contribution in [3.63, 3.8) is 0 Å². The molecule has 0 heterocycles. The lowest BCUT2D eigenvalue weighted by Crippen LogP contribution is -2.07. The number of benzene rings is 2. The number of hydrogen-bond donors (Lipinski definition) is 2. The molecule has 0 spiro atoms. The van der Waals surface area contributed by atoms with Crippen molar-refractivity contribution >= 4 is 11.4 Å². The highest BCUT2D eigenvalue weighted by atomic mass is 19.3. The smallest absolute Gasteiger partial charge is 0.387 e. The summed E-state index contributed by atoms with van der Waals surface area (Å²) in [6.45, 7) is -2.65. The molecule has 2 rings (SSSR count). The highest BCUT2D eigenvalue weighted by Gasteiger charge is 2.13. The first-order valence-electron chi connectivity index (χ1n) is 5.88. The number of anilines is 2. The Morgan fingerprint density at radius 2 is 1.85 bits per heavy atom. The molecule has 2 aromatic carbocycles. The number of halogens is 3. The zero-order chi connectivity index (χ0) is 14.5. The summed E-state index contributed by atoms with van der Waals surface area (Å²) in [6, 6.07) is 11.5. The molecular weight excluding hydrogens is 269 g/mol. The van der Waals surface area contributed by atoms with Crippen LogP contribution >= 0.6 is 0 Å². The summed E-state index contributed by atoms with van der Waals surface area (Å²) >= 11 is 0. The van der Waals surface area contributed by atoms with Crippen LogP contribution in [-0.2, 0) is 6.54 Å². The maximum Gasteiger partial charge on any atom is 0.387 e. The van der Waals surface area contributed by atoms with Crippen LogP contribution in [0.5, 0.6) is 5.75 Å². The summed E-state index contributed by atoms with van der Waals surface area (Å²) in [6.07, 6.45) is 0. The van der Waals surface area contributed by atoms with E-state index in [1.54, 1.807) is 0 Å². The Bertz CT molecular complexity index is 576. The molecule has 2 aromatic rings. The maximum absolute atomic E-state index is 13.4. The zero-order valence-corrected chi connectivity index (χ0v) is 10.4. The Morgan fingerprint density at radius 3 is 2.50 bits per heavy atom. The second-order valence-electron chi connectivity index (χ2n) is 4.09. The van der Waals surface area contributed by atoms with E-state index in [4.69, 9.17) is 5.73 Å². The second kappa shape index (κ2) is 6.18. The number of nitrogens with one attached hydrogen (secondary N) is 1. The summed E-state index contributed by atoms with van der Waals surface area (Å²) in [5, 5.41) is 2.95. The van der Waals surface area contributed by atoms with Gasteiger partial charge in [-0.15, -0.1) is 0 Å². The lowest BCUT2D eigenvalue weighted by molar-refractivity contribution is -0.0521. The lowest BCUT2D eigenvalue weighted by Gasteiger charge is -2.13. The molecule has 0 aromatic heterocycles. The molecule has 20 heavy (non-hydrogen) atoms. The van der Waals surface area contributed by atoms with E-state index in [2.05, 4.69) is 10.1 Å². The highest BCUT2D eigenvalue weighted by molar-refractivity contribution is 5.68. The molecule has 0 radical (unpaired) electrons. The highest BCUT2D eigenvalue weighted by Crippen LogP contribution is 2.29. The molecule has 6 heteroatoms. The molecule has 0 unspecified atom stereocenters. The standard InChI is InChI=1S/C14H13F3N2O/c15-10-6-11(18)12(7-13(10)20-14(16)17)19-8-9-4-2-1-3-5-9/h1-7,14,19H,8,18H2. The molecule has 0 bridgehead atoms. The summed E-state index contributed by atoms with van der Waals surface area (Å²) in [5.74, 6) is -1.46. The monoisotopic (exact) mass is 282 g/mol. The minimum absolute atomic E-state index is 0.125. The van der Waals surface area contributed by atoms with E-state index in [0.29, 0.717) is 12.2 Å². The van der Waals surface area contributed by atoms with Gasteiger partial charge in [0.05, 0.1) is 11.4 Å². The molecule has 0 amide bonds. The van der Waals surface area contributed by atoms with Gasteiger partial charge in [-0.25, -0.2) is 4.39 Å². The van der Waals surface area contributed by atoms with Gasteiger partial charge >= 0.3 is 6.61 Å². The maximum atomic E-state index is 13.4.